The number of nitrogens with zero attached hydrogens (tertiary/aromatic N) is 2. The molecule has 0 spiro atoms. The lowest BCUT2D eigenvalue weighted by molar-refractivity contribution is 0.208. The van der Waals surface area contributed by atoms with Crippen LogP contribution in [-0.4, -0.2) is 22.0 Å². The van der Waals surface area contributed by atoms with Crippen molar-refractivity contribution in [1.29, 1.82) is 0 Å². The molecule has 0 saturated heterocycles. The van der Waals surface area contributed by atoms with Crippen LogP contribution < -0.4 is 4.74 Å². The van der Waals surface area contributed by atoms with E-state index in [1.54, 1.807) is 30.1 Å². The van der Waals surface area contributed by atoms with Crippen LogP contribution in [0.2, 0.25) is 5.02 Å². The first-order valence-electron chi connectivity index (χ1n) is 5.81. The van der Waals surface area contributed by atoms with E-state index in [1.165, 1.54) is 0 Å². The number of halogens is 2. The number of aliphatic hydroxyl groups excluding tert-OH is 1. The van der Waals surface area contributed by atoms with E-state index in [4.69, 9.17) is 16.3 Å². The Balaban J connectivity index is 2.41. The highest BCUT2D eigenvalue weighted by Gasteiger charge is 2.20. The predicted octanol–water partition coefficient (Wildman–Crippen LogP) is 3.41. The molecule has 2 rings (SSSR count). The molecule has 102 valence electrons. The van der Waals surface area contributed by atoms with Crippen molar-refractivity contribution in [3.8, 4) is 5.75 Å². The maximum atomic E-state index is 10.5. The lowest BCUT2D eigenvalue weighted by Crippen LogP contribution is -2.09. The van der Waals surface area contributed by atoms with Gasteiger partial charge in [0.15, 0.2) is 0 Å². The normalized spacial score (nSPS) is 12.5. The van der Waals surface area contributed by atoms with Crippen molar-refractivity contribution < 1.29 is 9.84 Å². The van der Waals surface area contributed by atoms with Crippen molar-refractivity contribution in [2.24, 2.45) is 0 Å². The van der Waals surface area contributed by atoms with E-state index >= 15 is 0 Å². The molecular formula is C13H14BrClN2O2. The van der Waals surface area contributed by atoms with Gasteiger partial charge in [-0.3, -0.25) is 4.68 Å². The number of aryl methyl sites for hydroxylation is 1. The Kier molecular flexibility index (Phi) is 4.50. The minimum Gasteiger partial charge on any atom is -0.496 e. The molecule has 1 N–H and O–H groups in total. The summed E-state index contributed by atoms with van der Waals surface area (Å²) in [5.41, 5.74) is 1.33. The van der Waals surface area contributed by atoms with Crippen molar-refractivity contribution in [2.75, 3.05) is 7.11 Å². The van der Waals surface area contributed by atoms with Gasteiger partial charge < -0.3 is 9.84 Å². The molecule has 1 atom stereocenters. The first kappa shape index (κ1) is 14.4. The number of methoxy groups -OCH3 is 1. The molecule has 0 fully saturated rings. The van der Waals surface area contributed by atoms with Crippen molar-refractivity contribution in [2.45, 2.75) is 19.6 Å². The Morgan fingerprint density at radius 1 is 1.53 bits per heavy atom. The van der Waals surface area contributed by atoms with Gasteiger partial charge in [-0.15, -0.1) is 0 Å². The molecule has 6 heteroatoms. The number of benzene rings is 1. The summed E-state index contributed by atoms with van der Waals surface area (Å²) in [6, 6.07) is 5.41. The second kappa shape index (κ2) is 5.94. The molecule has 0 bridgehead atoms. The van der Waals surface area contributed by atoms with Crippen molar-refractivity contribution in [3.63, 3.8) is 0 Å². The van der Waals surface area contributed by atoms with E-state index < -0.39 is 6.10 Å². The highest BCUT2D eigenvalue weighted by atomic mass is 79.9. The zero-order valence-electron chi connectivity index (χ0n) is 10.6. The minimum absolute atomic E-state index is 0.460. The third-order valence-corrected chi connectivity index (χ3v) is 3.79. The molecule has 0 amide bonds. The Bertz CT molecular complexity index is 586. The van der Waals surface area contributed by atoms with Gasteiger partial charge in [0.25, 0.3) is 0 Å². The molecule has 1 heterocycles. The first-order valence-corrected chi connectivity index (χ1v) is 6.98. The lowest BCUT2D eigenvalue weighted by atomic mass is 10.1. The largest absolute Gasteiger partial charge is 0.496 e. The summed E-state index contributed by atoms with van der Waals surface area (Å²) in [5, 5.41) is 15.0. The maximum absolute atomic E-state index is 10.5. The summed E-state index contributed by atoms with van der Waals surface area (Å²) in [7, 11) is 1.60. The molecule has 19 heavy (non-hydrogen) atoms. The number of rotatable bonds is 4. The number of hydrogen-bond acceptors (Lipinski definition) is 3. The predicted molar refractivity (Wildman–Crippen MR) is 77.7 cm³/mol. The molecule has 1 aromatic carbocycles. The SMILES string of the molecule is CCn1ncc(Cl)c1C(O)c1ccc(OC)c(Br)c1. The number of hydrogen-bond donors (Lipinski definition) is 1. The summed E-state index contributed by atoms with van der Waals surface area (Å²) in [4.78, 5) is 0. The quantitative estimate of drug-likeness (QED) is 0.924. The summed E-state index contributed by atoms with van der Waals surface area (Å²) in [6.45, 7) is 2.60. The zero-order chi connectivity index (χ0) is 14.0. The summed E-state index contributed by atoms with van der Waals surface area (Å²) < 4.78 is 7.64. The van der Waals surface area contributed by atoms with Crippen LogP contribution in [0.4, 0.5) is 0 Å². The van der Waals surface area contributed by atoms with Gasteiger partial charge in [0.05, 0.1) is 28.5 Å². The van der Waals surface area contributed by atoms with E-state index in [0.29, 0.717) is 23.0 Å². The van der Waals surface area contributed by atoms with Crippen LogP contribution in [0.25, 0.3) is 0 Å². The Morgan fingerprint density at radius 3 is 2.84 bits per heavy atom. The smallest absolute Gasteiger partial charge is 0.133 e. The molecule has 0 saturated carbocycles. The number of aliphatic hydroxyl groups is 1. The molecular weight excluding hydrogens is 332 g/mol. The maximum Gasteiger partial charge on any atom is 0.133 e. The van der Waals surface area contributed by atoms with Crippen LogP contribution >= 0.6 is 27.5 Å². The summed E-state index contributed by atoms with van der Waals surface area (Å²) in [6.07, 6.45) is 0.722. The van der Waals surface area contributed by atoms with Gasteiger partial charge in [-0.2, -0.15) is 5.10 Å². The monoisotopic (exact) mass is 344 g/mol. The highest BCUT2D eigenvalue weighted by Crippen LogP contribution is 2.32. The molecule has 0 aliphatic rings. The second-order valence-electron chi connectivity index (χ2n) is 3.99. The summed E-state index contributed by atoms with van der Waals surface area (Å²) >= 11 is 9.49. The van der Waals surface area contributed by atoms with E-state index in [0.717, 1.165) is 10.0 Å². The van der Waals surface area contributed by atoms with Gasteiger partial charge in [0.2, 0.25) is 0 Å². The van der Waals surface area contributed by atoms with Crippen LogP contribution in [-0.2, 0) is 6.54 Å². The zero-order valence-corrected chi connectivity index (χ0v) is 12.9. The molecule has 0 aliphatic carbocycles. The van der Waals surface area contributed by atoms with Gasteiger partial charge >= 0.3 is 0 Å². The van der Waals surface area contributed by atoms with Gasteiger partial charge in [-0.25, -0.2) is 0 Å². The van der Waals surface area contributed by atoms with Crippen LogP contribution in [0.5, 0.6) is 5.75 Å². The third-order valence-electron chi connectivity index (χ3n) is 2.88. The fourth-order valence-electron chi connectivity index (χ4n) is 1.91. The van der Waals surface area contributed by atoms with Gasteiger partial charge in [0, 0.05) is 6.54 Å². The van der Waals surface area contributed by atoms with E-state index in [9.17, 15) is 5.11 Å². The minimum atomic E-state index is -0.822. The van der Waals surface area contributed by atoms with Crippen LogP contribution in [0, 0.1) is 0 Å². The fraction of sp³-hybridized carbons (Fsp3) is 0.308. The second-order valence-corrected chi connectivity index (χ2v) is 5.25. The van der Waals surface area contributed by atoms with Crippen LogP contribution in [0.3, 0.4) is 0 Å². The van der Waals surface area contributed by atoms with E-state index in [2.05, 4.69) is 21.0 Å². The van der Waals surface area contributed by atoms with Crippen molar-refractivity contribution >= 4 is 27.5 Å². The Hall–Kier alpha value is -1.04. The molecule has 2 aromatic rings. The Morgan fingerprint density at radius 2 is 2.26 bits per heavy atom. The van der Waals surface area contributed by atoms with Crippen LogP contribution in [0.15, 0.2) is 28.9 Å². The van der Waals surface area contributed by atoms with Crippen molar-refractivity contribution in [3.05, 3.63) is 45.1 Å². The topological polar surface area (TPSA) is 47.3 Å². The van der Waals surface area contributed by atoms with Crippen molar-refractivity contribution in [1.82, 2.24) is 9.78 Å². The first-order chi connectivity index (χ1) is 9.08. The standard InChI is InChI=1S/C13H14BrClN2O2/c1-3-17-12(10(15)7-16-17)13(18)8-4-5-11(19-2)9(14)6-8/h4-7,13,18H,3H2,1-2H3. The number of ether oxygens (including phenoxy) is 1. The van der Waals surface area contributed by atoms with Gasteiger partial charge in [0.1, 0.15) is 11.9 Å². The third kappa shape index (κ3) is 2.78. The molecule has 4 nitrogen and oxygen atoms in total. The van der Waals surface area contributed by atoms with Crippen LogP contribution in [0.1, 0.15) is 24.3 Å². The highest BCUT2D eigenvalue weighted by molar-refractivity contribution is 9.10. The number of aromatic nitrogens is 2. The average molecular weight is 346 g/mol. The van der Waals surface area contributed by atoms with E-state index in [-0.39, 0.29) is 0 Å². The lowest BCUT2D eigenvalue weighted by Gasteiger charge is -2.15. The molecule has 1 aromatic heterocycles. The molecule has 0 aliphatic heterocycles. The fourth-order valence-corrected chi connectivity index (χ4v) is 2.71. The molecule has 0 radical (unpaired) electrons. The average Bonchev–Trinajstić information content (AvgIpc) is 2.78. The molecule has 1 unspecified atom stereocenters. The Labute approximate surface area is 125 Å². The summed E-state index contributed by atoms with van der Waals surface area (Å²) in [5.74, 6) is 0.714. The van der Waals surface area contributed by atoms with Gasteiger partial charge in [-0.1, -0.05) is 17.7 Å². The van der Waals surface area contributed by atoms with E-state index in [1.807, 2.05) is 13.0 Å². The van der Waals surface area contributed by atoms with Gasteiger partial charge in [-0.05, 0) is 40.5 Å².